The minimum atomic E-state index is -7.22. The minimum absolute atomic E-state index is 0.0785. The van der Waals surface area contributed by atoms with Gasteiger partial charge >= 0.3 is 12.7 Å². The van der Waals surface area contributed by atoms with Gasteiger partial charge in [-0.3, -0.25) is 14.9 Å². The Morgan fingerprint density at radius 2 is 0.746 bits per heavy atom. The fourth-order valence-electron chi connectivity index (χ4n) is 7.53. The third kappa shape index (κ3) is 8.59. The van der Waals surface area contributed by atoms with E-state index in [1.165, 1.54) is 10.6 Å². The molecular weight excluding hydrogens is 1020 g/mol. The van der Waals surface area contributed by atoms with E-state index in [1.54, 1.807) is 42.5 Å². The maximum Gasteiger partial charge on any atom is 0.408 e. The number of nitrogens with zero attached hydrogens (tertiary/aromatic N) is 2. The van der Waals surface area contributed by atoms with E-state index in [2.05, 4.69) is 0 Å². The van der Waals surface area contributed by atoms with E-state index in [4.69, 9.17) is 4.74 Å². The maximum atomic E-state index is 15.4. The van der Waals surface area contributed by atoms with Crippen LogP contribution in [0.1, 0.15) is 20.8 Å². The summed E-state index contributed by atoms with van der Waals surface area (Å²) in [5.41, 5.74) is -13.1. The lowest BCUT2D eigenvalue weighted by atomic mass is 9.12. The van der Waals surface area contributed by atoms with Crippen LogP contribution < -0.4 is 26.4 Å². The van der Waals surface area contributed by atoms with E-state index in [0.29, 0.717) is 11.1 Å². The van der Waals surface area contributed by atoms with Crippen molar-refractivity contribution >= 4 is 50.7 Å². The van der Waals surface area contributed by atoms with E-state index in [0.717, 1.165) is 5.39 Å². The van der Waals surface area contributed by atoms with Crippen LogP contribution in [0.3, 0.4) is 0 Å². The molecule has 28 heteroatoms. The molecule has 0 bridgehead atoms. The Balaban J connectivity index is 0.000000268. The van der Waals surface area contributed by atoms with Gasteiger partial charge in [-0.05, 0) is 12.1 Å². The van der Waals surface area contributed by atoms with Gasteiger partial charge in [0.2, 0.25) is 17.8 Å². The van der Waals surface area contributed by atoms with Crippen LogP contribution in [-0.2, 0) is 11.3 Å². The number of ketones is 1. The standard InChI is InChI=1S/C24BF20.C19H15N2O5/c26-5-1(6(27)14(35)21(42)13(5)34)25(2-7(28)15(36)22(43)16(37)8(2)29,3-9(30)17(38)23(44)18(39)10(3)31)4-11(32)19(40)24(45)20(41)12(4)33;22-18(15-7-2-1-3-8-15)12-20-16-9-5-4-6-14(16)10-11-17(20)19(23)26-13-21(24)25/h;1-11H,12-13H2/q-1;+1. The number of nitro groups is 1. The van der Waals surface area contributed by atoms with E-state index >= 15 is 35.1 Å². The Bertz CT molecular complexity index is 3000. The van der Waals surface area contributed by atoms with Crippen LogP contribution in [0, 0.1) is 126 Å². The number of carbonyl (C=O) groups is 2. The van der Waals surface area contributed by atoms with Gasteiger partial charge in [0.25, 0.3) is 5.69 Å². The summed E-state index contributed by atoms with van der Waals surface area (Å²) in [4.78, 5) is 34.6. The van der Waals surface area contributed by atoms with Gasteiger partial charge in [0.15, 0.2) is 69.8 Å². The molecule has 7 aromatic rings. The molecule has 370 valence electrons. The first-order chi connectivity index (χ1) is 33.3. The zero-order valence-corrected chi connectivity index (χ0v) is 33.8. The highest BCUT2D eigenvalue weighted by Gasteiger charge is 2.52. The number of fused-ring (bicyclic) bond motifs is 1. The average molecular weight is 1030 g/mol. The number of carbonyl (C=O) groups excluding carboxylic acids is 2. The predicted molar refractivity (Wildman–Crippen MR) is 201 cm³/mol. The maximum absolute atomic E-state index is 15.4. The normalized spacial score (nSPS) is 11.4. The molecule has 0 aliphatic heterocycles. The number of ether oxygens (including phenoxy) is 1. The average Bonchev–Trinajstić information content (AvgIpc) is 3.36. The van der Waals surface area contributed by atoms with Crippen molar-refractivity contribution in [1.82, 2.24) is 0 Å². The van der Waals surface area contributed by atoms with Gasteiger partial charge in [-0.15, -0.1) is 21.9 Å². The molecule has 0 saturated heterocycles. The van der Waals surface area contributed by atoms with Crippen LogP contribution in [0.25, 0.3) is 10.9 Å². The molecule has 0 N–H and O–H groups in total. The van der Waals surface area contributed by atoms with E-state index in [-0.39, 0.29) is 18.0 Å². The monoisotopic (exact) mass is 1030 g/mol. The third-order valence-electron chi connectivity index (χ3n) is 10.6. The minimum Gasteiger partial charge on any atom is -0.392 e. The van der Waals surface area contributed by atoms with Crippen molar-refractivity contribution < 1.29 is 112 Å². The fraction of sp³-hybridized carbons (Fsp3) is 0.0465. The van der Waals surface area contributed by atoms with Gasteiger partial charge in [-0.1, -0.05) is 42.5 Å². The first-order valence-corrected chi connectivity index (χ1v) is 18.8. The van der Waals surface area contributed by atoms with Crippen molar-refractivity contribution in [2.24, 2.45) is 0 Å². The number of halogens is 20. The van der Waals surface area contributed by atoms with Crippen molar-refractivity contribution in [2.75, 3.05) is 6.73 Å². The van der Waals surface area contributed by atoms with E-state index < -0.39 is 162 Å². The molecule has 0 atom stereocenters. The van der Waals surface area contributed by atoms with Gasteiger partial charge in [-0.2, -0.15) is 4.57 Å². The SMILES string of the molecule is Fc1c(F)c(F)c([B-](c2c(F)c(F)c(F)c(F)c2F)(c2c(F)c(F)c(F)c(F)c2F)c2c(F)c(F)c(F)c(F)c2F)c(F)c1F.O=C(C[n+]1c(C(=O)OC[N+](=O)[O-])ccc2ccccc21)c1ccccc1. The zero-order valence-electron chi connectivity index (χ0n) is 33.8. The van der Waals surface area contributed by atoms with Crippen LogP contribution in [-0.4, -0.2) is 29.6 Å². The lowest BCUT2D eigenvalue weighted by Gasteiger charge is -2.44. The van der Waals surface area contributed by atoms with Gasteiger partial charge in [-0.25, -0.2) is 92.6 Å². The Labute approximate surface area is 379 Å². The molecule has 0 spiro atoms. The van der Waals surface area contributed by atoms with Gasteiger partial charge in [0.05, 0.1) is 4.92 Å². The first-order valence-electron chi connectivity index (χ1n) is 18.8. The number of pyridine rings is 1. The number of aromatic nitrogens is 1. The quantitative estimate of drug-likeness (QED) is 0.0132. The number of Topliss-reactive ketones (excluding diaryl/α,β-unsaturated/α-hetero) is 1. The van der Waals surface area contributed by atoms with Gasteiger partial charge in [0, 0.05) is 23.1 Å². The molecule has 1 heterocycles. The highest BCUT2D eigenvalue weighted by atomic mass is 19.2. The third-order valence-corrected chi connectivity index (χ3v) is 10.6. The van der Waals surface area contributed by atoms with Crippen LogP contribution in [0.15, 0.2) is 66.7 Å². The van der Waals surface area contributed by atoms with Crippen LogP contribution >= 0.6 is 0 Å². The Hall–Kier alpha value is -8.07. The zero-order chi connectivity index (χ0) is 52.9. The van der Waals surface area contributed by atoms with Crippen molar-refractivity contribution in [1.29, 1.82) is 0 Å². The molecule has 0 amide bonds. The second kappa shape index (κ2) is 19.7. The second-order valence-electron chi connectivity index (χ2n) is 14.3. The smallest absolute Gasteiger partial charge is 0.392 e. The van der Waals surface area contributed by atoms with Crippen molar-refractivity contribution in [3.63, 3.8) is 0 Å². The van der Waals surface area contributed by atoms with Crippen LogP contribution in [0.4, 0.5) is 87.8 Å². The summed E-state index contributed by atoms with van der Waals surface area (Å²) in [7, 11) is 0. The molecule has 71 heavy (non-hydrogen) atoms. The predicted octanol–water partition coefficient (Wildman–Crippen LogP) is 8.25. The number of hydrogen-bond donors (Lipinski definition) is 0. The molecule has 0 aliphatic rings. The molecule has 0 saturated carbocycles. The van der Waals surface area contributed by atoms with Crippen molar-refractivity contribution in [3.8, 4) is 0 Å². The summed E-state index contributed by atoms with van der Waals surface area (Å²) < 4.78 is 300. The Kier molecular flexibility index (Phi) is 14.5. The van der Waals surface area contributed by atoms with Crippen molar-refractivity contribution in [2.45, 2.75) is 6.54 Å². The summed E-state index contributed by atoms with van der Waals surface area (Å²) in [6.07, 6.45) is -7.22. The Morgan fingerprint density at radius 3 is 1.08 bits per heavy atom. The molecule has 0 fully saturated rings. The fourth-order valence-corrected chi connectivity index (χ4v) is 7.53. The van der Waals surface area contributed by atoms with Crippen LogP contribution in [0.5, 0.6) is 0 Å². The summed E-state index contributed by atoms with van der Waals surface area (Å²) in [6, 6.07) is 19.2. The lowest BCUT2D eigenvalue weighted by molar-refractivity contribution is -0.660. The summed E-state index contributed by atoms with van der Waals surface area (Å²) in [5, 5.41) is 11.3. The highest BCUT2D eigenvalue weighted by molar-refractivity contribution is 7.20. The summed E-state index contributed by atoms with van der Waals surface area (Å²) >= 11 is 0. The molecule has 7 rings (SSSR count). The van der Waals surface area contributed by atoms with E-state index in [9.17, 15) is 72.4 Å². The molecule has 0 unspecified atom stereocenters. The number of hydrogen-bond acceptors (Lipinski definition) is 5. The van der Waals surface area contributed by atoms with Crippen LogP contribution in [0.2, 0.25) is 0 Å². The molecule has 0 radical (unpaired) electrons. The lowest BCUT2D eigenvalue weighted by Crippen LogP contribution is -2.81. The largest absolute Gasteiger partial charge is 0.408 e. The number of para-hydroxylation sites is 1. The number of rotatable bonds is 10. The molecule has 7 nitrogen and oxygen atoms in total. The Morgan fingerprint density at radius 1 is 0.437 bits per heavy atom. The van der Waals surface area contributed by atoms with Crippen molar-refractivity contribution in [3.05, 3.63) is 204 Å². The summed E-state index contributed by atoms with van der Waals surface area (Å²) in [6.45, 7) is -1.02. The molecule has 1 aromatic heterocycles. The molecular formula is C43H15BF20N2O5. The number of benzene rings is 6. The highest BCUT2D eigenvalue weighted by Crippen LogP contribution is 2.31. The summed E-state index contributed by atoms with van der Waals surface area (Å²) in [5.74, 6) is -72.4. The van der Waals surface area contributed by atoms with Gasteiger partial charge < -0.3 is 4.74 Å². The molecule has 0 aliphatic carbocycles. The van der Waals surface area contributed by atoms with E-state index in [1.807, 2.05) is 18.2 Å². The van der Waals surface area contributed by atoms with Gasteiger partial charge in [0.1, 0.15) is 52.7 Å². The number of esters is 1. The second-order valence-corrected chi connectivity index (χ2v) is 14.3. The first kappa shape index (κ1) is 52.3. The molecule has 6 aromatic carbocycles. The topological polar surface area (TPSA) is 90.4 Å².